The third kappa shape index (κ3) is 2.33. The highest BCUT2D eigenvalue weighted by molar-refractivity contribution is 5.50. The van der Waals surface area contributed by atoms with E-state index in [-0.39, 0.29) is 12.3 Å². The van der Waals surface area contributed by atoms with Crippen LogP contribution in [-0.4, -0.2) is 16.6 Å². The van der Waals surface area contributed by atoms with Gasteiger partial charge in [-0.1, -0.05) is 25.1 Å². The van der Waals surface area contributed by atoms with Crippen molar-refractivity contribution < 1.29 is 10.0 Å². The molecule has 0 heterocycles. The number of aryl methyl sites for hydroxylation is 1. The zero-order chi connectivity index (χ0) is 11.4. The Bertz CT molecular complexity index is 363. The van der Waals surface area contributed by atoms with Gasteiger partial charge in [0, 0.05) is 17.0 Å². The van der Waals surface area contributed by atoms with Crippen molar-refractivity contribution in [2.24, 2.45) is 0 Å². The lowest BCUT2D eigenvalue weighted by Gasteiger charge is -2.10. The summed E-state index contributed by atoms with van der Waals surface area (Å²) in [5.74, 6) is -0.447. The molecule has 81 valence electrons. The van der Waals surface area contributed by atoms with Crippen LogP contribution in [0.5, 0.6) is 0 Å². The molecular weight excluding hydrogens is 194 g/mol. The number of hydrogen-bond donors (Lipinski definition) is 1. The number of aliphatic hydroxyl groups is 1. The molecule has 1 radical (unpaired) electrons. The summed E-state index contributed by atoms with van der Waals surface area (Å²) < 4.78 is 0. The largest absolute Gasteiger partial charge is 0.396 e. The average Bonchev–Trinajstić information content (AvgIpc) is 2.26. The third-order valence-electron chi connectivity index (χ3n) is 2.37. The average molecular weight is 208 g/mol. The normalized spacial score (nSPS) is 12.5. The molecule has 1 N–H and O–H groups in total. The van der Waals surface area contributed by atoms with Gasteiger partial charge in [0.25, 0.3) is 5.69 Å². The molecule has 0 amide bonds. The highest BCUT2D eigenvalue weighted by atomic mass is 16.6. The fourth-order valence-corrected chi connectivity index (χ4v) is 1.55. The van der Waals surface area contributed by atoms with Gasteiger partial charge in [0.2, 0.25) is 0 Å². The topological polar surface area (TPSA) is 63.4 Å². The molecule has 1 aromatic carbocycles. The summed E-state index contributed by atoms with van der Waals surface area (Å²) >= 11 is 0. The van der Waals surface area contributed by atoms with Gasteiger partial charge in [0.1, 0.15) is 0 Å². The van der Waals surface area contributed by atoms with Crippen molar-refractivity contribution in [3.63, 3.8) is 0 Å². The zero-order valence-electron chi connectivity index (χ0n) is 8.64. The molecule has 0 fully saturated rings. The molecule has 1 unspecified atom stereocenters. The zero-order valence-corrected chi connectivity index (χ0v) is 8.64. The van der Waals surface area contributed by atoms with Crippen LogP contribution in [0.15, 0.2) is 18.2 Å². The van der Waals surface area contributed by atoms with Gasteiger partial charge in [-0.2, -0.15) is 0 Å². The van der Waals surface area contributed by atoms with E-state index in [1.165, 1.54) is 0 Å². The van der Waals surface area contributed by atoms with Crippen LogP contribution < -0.4 is 0 Å². The molecule has 0 bridgehead atoms. The molecular formula is C11H14NO3. The number of rotatable bonds is 4. The summed E-state index contributed by atoms with van der Waals surface area (Å²) in [6.07, 6.45) is 0.600. The standard InChI is InChI=1S/C11H14NO3/c1-3-9-5-4-6-10(8(2)7-13)11(9)12(14)15/h4-6,8,13H,2-3,7H2,1H3. The summed E-state index contributed by atoms with van der Waals surface area (Å²) in [6, 6.07) is 5.13. The minimum atomic E-state index is -0.447. The maximum Gasteiger partial charge on any atom is 0.276 e. The Morgan fingerprint density at radius 3 is 2.73 bits per heavy atom. The van der Waals surface area contributed by atoms with E-state index < -0.39 is 10.8 Å². The minimum Gasteiger partial charge on any atom is -0.396 e. The van der Waals surface area contributed by atoms with Crippen LogP contribution in [-0.2, 0) is 6.42 Å². The Kier molecular flexibility index (Phi) is 3.80. The van der Waals surface area contributed by atoms with Crippen LogP contribution in [0.3, 0.4) is 0 Å². The van der Waals surface area contributed by atoms with Crippen molar-refractivity contribution in [2.75, 3.05) is 6.61 Å². The summed E-state index contributed by atoms with van der Waals surface area (Å²) in [6.45, 7) is 5.37. The number of nitro groups is 1. The van der Waals surface area contributed by atoms with Gasteiger partial charge >= 0.3 is 0 Å². The first kappa shape index (κ1) is 11.7. The first-order valence-corrected chi connectivity index (χ1v) is 4.81. The SMILES string of the molecule is [CH2]C(CO)c1cccc(CC)c1[N+](=O)[O-]. The second-order valence-corrected chi connectivity index (χ2v) is 3.35. The number of nitro benzene ring substituents is 1. The molecule has 0 aliphatic rings. The number of benzene rings is 1. The molecule has 0 aliphatic carbocycles. The predicted molar refractivity (Wildman–Crippen MR) is 57.7 cm³/mol. The Morgan fingerprint density at radius 2 is 2.27 bits per heavy atom. The monoisotopic (exact) mass is 208 g/mol. The third-order valence-corrected chi connectivity index (χ3v) is 2.37. The molecule has 4 heteroatoms. The van der Waals surface area contributed by atoms with Crippen molar-refractivity contribution in [2.45, 2.75) is 19.3 Å². The first-order chi connectivity index (χ1) is 7.11. The smallest absolute Gasteiger partial charge is 0.276 e. The summed E-state index contributed by atoms with van der Waals surface area (Å²) in [4.78, 5) is 10.5. The van der Waals surface area contributed by atoms with E-state index in [4.69, 9.17) is 5.11 Å². The van der Waals surface area contributed by atoms with Crippen molar-refractivity contribution in [3.05, 3.63) is 46.4 Å². The molecule has 0 spiro atoms. The van der Waals surface area contributed by atoms with Gasteiger partial charge in [-0.05, 0) is 13.3 Å². The van der Waals surface area contributed by atoms with Crippen LogP contribution in [0.4, 0.5) is 5.69 Å². The highest BCUT2D eigenvalue weighted by Crippen LogP contribution is 2.29. The lowest BCUT2D eigenvalue weighted by Crippen LogP contribution is -2.06. The number of para-hydroxylation sites is 1. The maximum absolute atomic E-state index is 10.9. The number of nitrogens with zero attached hydrogens (tertiary/aromatic N) is 1. The lowest BCUT2D eigenvalue weighted by molar-refractivity contribution is -0.386. The van der Waals surface area contributed by atoms with Crippen molar-refractivity contribution in [3.8, 4) is 0 Å². The van der Waals surface area contributed by atoms with E-state index in [1.807, 2.05) is 6.92 Å². The van der Waals surface area contributed by atoms with Crippen LogP contribution >= 0.6 is 0 Å². The van der Waals surface area contributed by atoms with E-state index in [9.17, 15) is 10.1 Å². The number of hydrogen-bond acceptors (Lipinski definition) is 3. The van der Waals surface area contributed by atoms with Gasteiger partial charge in [0.05, 0.1) is 11.5 Å². The fraction of sp³-hybridized carbons (Fsp3) is 0.364. The fourth-order valence-electron chi connectivity index (χ4n) is 1.55. The van der Waals surface area contributed by atoms with E-state index in [1.54, 1.807) is 18.2 Å². The van der Waals surface area contributed by atoms with Crippen LogP contribution in [0.1, 0.15) is 24.0 Å². The molecule has 1 atom stereocenters. The van der Waals surface area contributed by atoms with Crippen LogP contribution in [0, 0.1) is 17.0 Å². The minimum absolute atomic E-state index is 0.0917. The predicted octanol–water partition coefficient (Wildman–Crippen LogP) is 2.07. The van der Waals surface area contributed by atoms with E-state index in [2.05, 4.69) is 6.92 Å². The molecule has 15 heavy (non-hydrogen) atoms. The first-order valence-electron chi connectivity index (χ1n) is 4.81. The van der Waals surface area contributed by atoms with Gasteiger partial charge in [-0.25, -0.2) is 0 Å². The molecule has 0 aliphatic heterocycles. The summed E-state index contributed by atoms with van der Waals surface area (Å²) in [7, 11) is 0. The summed E-state index contributed by atoms with van der Waals surface area (Å²) in [5.41, 5.74) is 1.27. The molecule has 1 rings (SSSR count). The van der Waals surface area contributed by atoms with Gasteiger partial charge in [-0.15, -0.1) is 0 Å². The van der Waals surface area contributed by atoms with Crippen molar-refractivity contribution in [1.29, 1.82) is 0 Å². The van der Waals surface area contributed by atoms with Gasteiger partial charge in [-0.3, -0.25) is 10.1 Å². The summed E-state index contributed by atoms with van der Waals surface area (Å²) in [5, 5.41) is 19.9. The molecule has 0 saturated carbocycles. The molecule has 0 saturated heterocycles. The second kappa shape index (κ2) is 4.89. The van der Waals surface area contributed by atoms with Crippen LogP contribution in [0.25, 0.3) is 0 Å². The van der Waals surface area contributed by atoms with Crippen molar-refractivity contribution >= 4 is 5.69 Å². The Labute approximate surface area is 88.7 Å². The van der Waals surface area contributed by atoms with E-state index in [0.717, 1.165) is 0 Å². The van der Waals surface area contributed by atoms with E-state index in [0.29, 0.717) is 17.5 Å². The Morgan fingerprint density at radius 1 is 1.60 bits per heavy atom. The lowest BCUT2D eigenvalue weighted by atomic mass is 9.96. The maximum atomic E-state index is 10.9. The molecule has 1 aromatic rings. The van der Waals surface area contributed by atoms with Gasteiger partial charge < -0.3 is 5.11 Å². The van der Waals surface area contributed by atoms with Gasteiger partial charge in [0.15, 0.2) is 0 Å². The second-order valence-electron chi connectivity index (χ2n) is 3.35. The number of aliphatic hydroxyl groups excluding tert-OH is 1. The van der Waals surface area contributed by atoms with E-state index >= 15 is 0 Å². The molecule has 0 aromatic heterocycles. The Hall–Kier alpha value is -1.42. The Balaban J connectivity index is 3.31. The highest BCUT2D eigenvalue weighted by Gasteiger charge is 2.21. The van der Waals surface area contributed by atoms with Crippen molar-refractivity contribution in [1.82, 2.24) is 0 Å². The molecule has 4 nitrogen and oxygen atoms in total. The quantitative estimate of drug-likeness (QED) is 0.608. The van der Waals surface area contributed by atoms with Crippen LogP contribution in [0.2, 0.25) is 0 Å².